The molecule has 0 bridgehead atoms. The van der Waals surface area contributed by atoms with Gasteiger partial charge in [0, 0.05) is 21.2 Å². The van der Waals surface area contributed by atoms with Crippen LogP contribution < -0.4 is 4.74 Å². The lowest BCUT2D eigenvalue weighted by Gasteiger charge is -2.18. The Hall–Kier alpha value is -2.48. The minimum Gasteiger partial charge on any atom is -0.488 e. The summed E-state index contributed by atoms with van der Waals surface area (Å²) in [7, 11) is 1.20. The van der Waals surface area contributed by atoms with E-state index in [1.165, 1.54) is 14.0 Å². The van der Waals surface area contributed by atoms with Crippen LogP contribution in [0.5, 0.6) is 5.75 Å². The van der Waals surface area contributed by atoms with Crippen molar-refractivity contribution in [3.05, 3.63) is 68.5 Å². The van der Waals surface area contributed by atoms with Gasteiger partial charge in [-0.25, -0.2) is 4.79 Å². The molecule has 1 heterocycles. The first-order valence-corrected chi connectivity index (χ1v) is 10.4. The summed E-state index contributed by atoms with van der Waals surface area (Å²) in [5.74, 6) is -0.711. The van der Waals surface area contributed by atoms with Gasteiger partial charge < -0.3 is 9.47 Å². The van der Waals surface area contributed by atoms with Gasteiger partial charge in [-0.2, -0.15) is 0 Å². The van der Waals surface area contributed by atoms with Crippen LogP contribution in [0.1, 0.15) is 18.1 Å². The molecule has 0 N–H and O–H groups in total. The standard InChI is InChI=1S/C21H17Cl2NO5S/c1-12(20(26)28-2)24-19(25)18(30-21(24)27)9-13-5-3-4-6-17(13)29-11-14-7-8-15(22)10-16(14)23/h3-10,12H,11H2,1-2H3/b18-9+/t12-/m0/s1. The molecule has 0 radical (unpaired) electrons. The molecule has 0 aliphatic carbocycles. The van der Waals surface area contributed by atoms with Crippen molar-refractivity contribution in [1.82, 2.24) is 4.90 Å². The Kier molecular flexibility index (Phi) is 7.07. The van der Waals surface area contributed by atoms with Crippen molar-refractivity contribution in [2.45, 2.75) is 19.6 Å². The summed E-state index contributed by atoms with van der Waals surface area (Å²) >= 11 is 12.9. The van der Waals surface area contributed by atoms with E-state index < -0.39 is 23.2 Å². The van der Waals surface area contributed by atoms with Crippen LogP contribution in [0, 0.1) is 0 Å². The van der Waals surface area contributed by atoms with E-state index in [1.54, 1.807) is 48.5 Å². The molecule has 9 heteroatoms. The van der Waals surface area contributed by atoms with Gasteiger partial charge in [0.05, 0.1) is 12.0 Å². The van der Waals surface area contributed by atoms with Crippen LogP contribution in [0.25, 0.3) is 6.08 Å². The number of imide groups is 1. The molecule has 1 saturated heterocycles. The molecule has 2 aromatic rings. The SMILES string of the molecule is COC(=O)[C@H](C)N1C(=O)S/C(=C/c2ccccc2OCc2ccc(Cl)cc2Cl)C1=O. The van der Waals surface area contributed by atoms with Crippen molar-refractivity contribution in [2.75, 3.05) is 7.11 Å². The fraction of sp³-hybridized carbons (Fsp3) is 0.190. The van der Waals surface area contributed by atoms with Crippen molar-refractivity contribution in [3.8, 4) is 5.75 Å². The predicted molar refractivity (Wildman–Crippen MR) is 117 cm³/mol. The summed E-state index contributed by atoms with van der Waals surface area (Å²) < 4.78 is 10.5. The second kappa shape index (κ2) is 9.55. The Labute approximate surface area is 187 Å². The van der Waals surface area contributed by atoms with Crippen LogP contribution in [0.2, 0.25) is 10.0 Å². The highest BCUT2D eigenvalue weighted by molar-refractivity contribution is 8.18. The molecule has 0 aromatic heterocycles. The highest BCUT2D eigenvalue weighted by atomic mass is 35.5. The van der Waals surface area contributed by atoms with Gasteiger partial charge in [0.15, 0.2) is 0 Å². The van der Waals surface area contributed by atoms with Gasteiger partial charge in [0.25, 0.3) is 11.1 Å². The first kappa shape index (κ1) is 22.2. The van der Waals surface area contributed by atoms with E-state index in [-0.39, 0.29) is 11.5 Å². The van der Waals surface area contributed by atoms with Gasteiger partial charge in [-0.3, -0.25) is 14.5 Å². The number of carbonyl (C=O) groups excluding carboxylic acids is 3. The molecule has 1 aliphatic rings. The number of benzene rings is 2. The van der Waals surface area contributed by atoms with Crippen molar-refractivity contribution in [1.29, 1.82) is 0 Å². The number of methoxy groups -OCH3 is 1. The van der Waals surface area contributed by atoms with Crippen LogP contribution in [0.3, 0.4) is 0 Å². The van der Waals surface area contributed by atoms with Crippen LogP contribution in [-0.4, -0.2) is 35.2 Å². The molecule has 156 valence electrons. The van der Waals surface area contributed by atoms with Gasteiger partial charge in [-0.1, -0.05) is 47.5 Å². The van der Waals surface area contributed by atoms with Gasteiger partial charge in [-0.15, -0.1) is 0 Å². The molecule has 2 aromatic carbocycles. The zero-order valence-electron chi connectivity index (χ0n) is 16.1. The normalized spacial score (nSPS) is 16.1. The number of esters is 1. The summed E-state index contributed by atoms with van der Waals surface area (Å²) in [5.41, 5.74) is 1.36. The second-order valence-electron chi connectivity index (χ2n) is 6.31. The number of carbonyl (C=O) groups is 3. The molecule has 3 rings (SSSR count). The predicted octanol–water partition coefficient (Wildman–Crippen LogP) is 5.17. The Morgan fingerprint density at radius 3 is 2.63 bits per heavy atom. The summed E-state index contributed by atoms with van der Waals surface area (Å²) in [6.45, 7) is 1.64. The first-order valence-electron chi connectivity index (χ1n) is 8.82. The Morgan fingerprint density at radius 1 is 1.20 bits per heavy atom. The van der Waals surface area contributed by atoms with Gasteiger partial charge in [-0.05, 0) is 43.0 Å². The van der Waals surface area contributed by atoms with E-state index in [0.29, 0.717) is 21.4 Å². The summed E-state index contributed by atoms with van der Waals surface area (Å²) in [6, 6.07) is 11.2. The van der Waals surface area contributed by atoms with Crippen LogP contribution >= 0.6 is 35.0 Å². The lowest BCUT2D eigenvalue weighted by molar-refractivity contribution is -0.148. The molecule has 0 unspecified atom stereocenters. The largest absolute Gasteiger partial charge is 0.488 e. The minimum absolute atomic E-state index is 0.191. The maximum absolute atomic E-state index is 12.7. The fourth-order valence-corrected chi connectivity index (χ4v) is 4.12. The Morgan fingerprint density at radius 2 is 1.93 bits per heavy atom. The molecule has 1 fully saturated rings. The molecule has 0 saturated carbocycles. The number of nitrogens with zero attached hydrogens (tertiary/aromatic N) is 1. The Bertz CT molecular complexity index is 1040. The van der Waals surface area contributed by atoms with E-state index in [4.69, 9.17) is 27.9 Å². The zero-order valence-corrected chi connectivity index (χ0v) is 18.4. The molecular formula is C21H17Cl2NO5S. The van der Waals surface area contributed by atoms with Crippen molar-refractivity contribution in [3.63, 3.8) is 0 Å². The van der Waals surface area contributed by atoms with E-state index in [9.17, 15) is 14.4 Å². The number of thioether (sulfide) groups is 1. The topological polar surface area (TPSA) is 72.9 Å². The minimum atomic E-state index is -1.01. The zero-order chi connectivity index (χ0) is 21.8. The van der Waals surface area contributed by atoms with Gasteiger partial charge in [0.1, 0.15) is 18.4 Å². The molecule has 6 nitrogen and oxygen atoms in total. The first-order chi connectivity index (χ1) is 14.3. The summed E-state index contributed by atoms with van der Waals surface area (Å²) in [4.78, 5) is 37.8. The number of para-hydroxylation sites is 1. The third-order valence-electron chi connectivity index (χ3n) is 4.36. The van der Waals surface area contributed by atoms with Gasteiger partial charge in [0.2, 0.25) is 0 Å². The number of ether oxygens (including phenoxy) is 2. The Balaban J connectivity index is 1.82. The average molecular weight is 466 g/mol. The molecular weight excluding hydrogens is 449 g/mol. The molecule has 1 atom stereocenters. The van der Waals surface area contributed by atoms with Crippen molar-refractivity contribution in [2.24, 2.45) is 0 Å². The average Bonchev–Trinajstić information content (AvgIpc) is 3.00. The van der Waals surface area contributed by atoms with Crippen molar-refractivity contribution >= 4 is 58.2 Å². The molecule has 1 aliphatic heterocycles. The quantitative estimate of drug-likeness (QED) is 0.432. The summed E-state index contributed by atoms with van der Waals surface area (Å²) in [5, 5.41) is 0.481. The maximum Gasteiger partial charge on any atom is 0.328 e. The number of hydrogen-bond acceptors (Lipinski definition) is 6. The van der Waals surface area contributed by atoms with E-state index in [0.717, 1.165) is 22.2 Å². The third kappa shape index (κ3) is 4.80. The van der Waals surface area contributed by atoms with Crippen LogP contribution in [0.15, 0.2) is 47.4 Å². The maximum atomic E-state index is 12.7. The fourth-order valence-electron chi connectivity index (χ4n) is 2.76. The number of rotatable bonds is 6. The molecule has 0 spiro atoms. The monoisotopic (exact) mass is 465 g/mol. The highest BCUT2D eigenvalue weighted by Gasteiger charge is 2.41. The van der Waals surface area contributed by atoms with Crippen LogP contribution in [0.4, 0.5) is 4.79 Å². The van der Waals surface area contributed by atoms with E-state index >= 15 is 0 Å². The molecule has 30 heavy (non-hydrogen) atoms. The third-order valence-corrected chi connectivity index (χ3v) is 5.83. The lowest BCUT2D eigenvalue weighted by atomic mass is 10.1. The number of halogens is 2. The smallest absolute Gasteiger partial charge is 0.328 e. The van der Waals surface area contributed by atoms with Gasteiger partial charge >= 0.3 is 5.97 Å². The number of amides is 2. The summed E-state index contributed by atoms with van der Waals surface area (Å²) in [6.07, 6.45) is 1.56. The highest BCUT2D eigenvalue weighted by Crippen LogP contribution is 2.35. The van der Waals surface area contributed by atoms with E-state index in [1.807, 2.05) is 0 Å². The van der Waals surface area contributed by atoms with Crippen LogP contribution in [-0.2, 0) is 20.9 Å². The molecule has 2 amide bonds. The second-order valence-corrected chi connectivity index (χ2v) is 8.15. The van der Waals surface area contributed by atoms with E-state index in [2.05, 4.69) is 4.74 Å². The number of hydrogen-bond donors (Lipinski definition) is 0. The van der Waals surface area contributed by atoms with Crippen molar-refractivity contribution < 1.29 is 23.9 Å². The lowest BCUT2D eigenvalue weighted by Crippen LogP contribution is -2.42.